The second-order valence-electron chi connectivity index (χ2n) is 10.8. The number of nitrogens with zero attached hydrogens (tertiary/aromatic N) is 5. The first-order valence-corrected chi connectivity index (χ1v) is 13.1. The first-order chi connectivity index (χ1) is 19.1. The van der Waals surface area contributed by atoms with E-state index < -0.39 is 17.7 Å². The Morgan fingerprint density at radius 3 is 2.52 bits per heavy atom. The van der Waals surface area contributed by atoms with Gasteiger partial charge in [-0.25, -0.2) is 19.6 Å². The van der Waals surface area contributed by atoms with Gasteiger partial charge in [-0.2, -0.15) is 0 Å². The highest BCUT2D eigenvalue weighted by atomic mass is 16.6. The lowest BCUT2D eigenvalue weighted by molar-refractivity contribution is 0.0633. The van der Waals surface area contributed by atoms with Gasteiger partial charge in [-0.15, -0.1) is 0 Å². The quantitative estimate of drug-likeness (QED) is 0.335. The number of ether oxygens (including phenoxy) is 1. The maximum atomic E-state index is 12.1. The molecule has 0 radical (unpaired) electrons. The van der Waals surface area contributed by atoms with Crippen LogP contribution in [-0.2, 0) is 18.3 Å². The van der Waals surface area contributed by atoms with Crippen LogP contribution >= 0.6 is 0 Å². The molecular weight excluding hydrogens is 508 g/mol. The number of anilines is 1. The molecule has 4 aromatic heterocycles. The number of hydrogen-bond acceptors (Lipinski definition) is 7. The SMILES string of the molecule is Cn1c(CN2CC=C(c3ccc(C(=O)O)cn3)CC2)cc2c(-c3ccc(NC(=O)OC(C)(C)C)nc3)ccnc21. The number of fused-ring (bicyclic) bond motifs is 1. The second kappa shape index (κ2) is 10.9. The van der Waals surface area contributed by atoms with Gasteiger partial charge in [0.25, 0.3) is 0 Å². The topological polar surface area (TPSA) is 122 Å². The molecule has 2 N–H and O–H groups in total. The van der Waals surface area contributed by atoms with Crippen molar-refractivity contribution in [3.8, 4) is 11.1 Å². The van der Waals surface area contributed by atoms with Gasteiger partial charge in [0.05, 0.1) is 11.3 Å². The van der Waals surface area contributed by atoms with Crippen LogP contribution in [0, 0.1) is 0 Å². The summed E-state index contributed by atoms with van der Waals surface area (Å²) in [7, 11) is 2.03. The first kappa shape index (κ1) is 27.0. The van der Waals surface area contributed by atoms with Crippen LogP contribution in [0.25, 0.3) is 27.7 Å². The summed E-state index contributed by atoms with van der Waals surface area (Å²) in [5.41, 5.74) is 5.53. The van der Waals surface area contributed by atoms with E-state index in [1.807, 2.05) is 40.0 Å². The molecule has 5 heterocycles. The standard InChI is InChI=1S/C30H32N6O4/c1-30(2,3)40-29(39)34-26-8-6-20(16-33-26)23-9-12-31-27-24(23)15-22(35(27)4)18-36-13-10-19(11-14-36)25-7-5-21(17-32-25)28(37)38/h5-10,12,15-17H,11,13-14,18H2,1-4H3,(H,37,38)(H,33,34,39). The monoisotopic (exact) mass is 540 g/mol. The predicted molar refractivity (Wildman–Crippen MR) is 153 cm³/mol. The Labute approximate surface area is 232 Å². The second-order valence-corrected chi connectivity index (χ2v) is 10.8. The van der Waals surface area contributed by atoms with Crippen LogP contribution < -0.4 is 5.32 Å². The van der Waals surface area contributed by atoms with Crippen molar-refractivity contribution < 1.29 is 19.4 Å². The number of amides is 1. The zero-order chi connectivity index (χ0) is 28.4. The molecule has 206 valence electrons. The zero-order valence-electron chi connectivity index (χ0n) is 23.0. The number of carbonyl (C=O) groups excluding carboxylic acids is 1. The van der Waals surface area contributed by atoms with E-state index in [0.717, 1.165) is 65.2 Å². The molecule has 0 bridgehead atoms. The summed E-state index contributed by atoms with van der Waals surface area (Å²) in [5.74, 6) is -0.554. The number of carboxylic acids is 1. The normalized spacial score (nSPS) is 14.2. The molecule has 0 spiro atoms. The molecule has 0 saturated carbocycles. The van der Waals surface area contributed by atoms with E-state index in [2.05, 4.69) is 41.9 Å². The number of hydrogen-bond donors (Lipinski definition) is 2. The van der Waals surface area contributed by atoms with Crippen LogP contribution in [0.15, 0.2) is 61.1 Å². The van der Waals surface area contributed by atoms with E-state index in [-0.39, 0.29) is 5.56 Å². The lowest BCUT2D eigenvalue weighted by Gasteiger charge is -2.26. The first-order valence-electron chi connectivity index (χ1n) is 13.1. The van der Waals surface area contributed by atoms with Crippen LogP contribution in [-0.4, -0.2) is 60.3 Å². The van der Waals surface area contributed by atoms with Crippen molar-refractivity contribution in [2.75, 3.05) is 18.4 Å². The Kier molecular flexibility index (Phi) is 7.36. The fourth-order valence-corrected chi connectivity index (χ4v) is 4.74. The molecule has 40 heavy (non-hydrogen) atoms. The average molecular weight is 541 g/mol. The maximum absolute atomic E-state index is 12.1. The summed E-state index contributed by atoms with van der Waals surface area (Å²) in [6, 6.07) is 11.2. The fraction of sp³-hybridized carbons (Fsp3) is 0.300. The largest absolute Gasteiger partial charge is 0.478 e. The minimum absolute atomic E-state index is 0.190. The number of pyridine rings is 3. The van der Waals surface area contributed by atoms with Crippen LogP contribution in [0.1, 0.15) is 48.9 Å². The van der Waals surface area contributed by atoms with Crippen molar-refractivity contribution in [2.24, 2.45) is 7.05 Å². The minimum Gasteiger partial charge on any atom is -0.478 e. The third-order valence-electron chi connectivity index (χ3n) is 6.75. The van der Waals surface area contributed by atoms with Gasteiger partial charge >= 0.3 is 12.1 Å². The van der Waals surface area contributed by atoms with Crippen molar-refractivity contribution in [3.63, 3.8) is 0 Å². The molecule has 0 aliphatic carbocycles. The molecular formula is C30H32N6O4. The summed E-state index contributed by atoms with van der Waals surface area (Å²) in [6.45, 7) is 7.84. The lowest BCUT2D eigenvalue weighted by Crippen LogP contribution is -2.29. The summed E-state index contributed by atoms with van der Waals surface area (Å²) in [6.07, 6.45) is 7.40. The molecule has 5 rings (SSSR count). The highest BCUT2D eigenvalue weighted by molar-refractivity contribution is 5.94. The Hall–Kier alpha value is -4.57. The Balaban J connectivity index is 1.30. The van der Waals surface area contributed by atoms with Crippen molar-refractivity contribution in [3.05, 3.63) is 78.0 Å². The molecule has 1 amide bonds. The number of carbonyl (C=O) groups is 2. The molecule has 10 heteroatoms. The molecule has 10 nitrogen and oxygen atoms in total. The average Bonchev–Trinajstić information content (AvgIpc) is 3.23. The predicted octanol–water partition coefficient (Wildman–Crippen LogP) is 5.36. The van der Waals surface area contributed by atoms with Crippen molar-refractivity contribution in [1.82, 2.24) is 24.4 Å². The van der Waals surface area contributed by atoms with E-state index >= 15 is 0 Å². The Morgan fingerprint density at radius 1 is 1.07 bits per heavy atom. The van der Waals surface area contributed by atoms with Gasteiger partial charge in [-0.1, -0.05) is 6.08 Å². The van der Waals surface area contributed by atoms with Crippen LogP contribution in [0.4, 0.5) is 10.6 Å². The zero-order valence-corrected chi connectivity index (χ0v) is 23.0. The highest BCUT2D eigenvalue weighted by Crippen LogP contribution is 2.31. The number of nitrogens with one attached hydrogen (secondary N) is 1. The molecule has 0 atom stereocenters. The summed E-state index contributed by atoms with van der Waals surface area (Å²) in [5, 5.41) is 12.8. The fourth-order valence-electron chi connectivity index (χ4n) is 4.74. The van der Waals surface area contributed by atoms with Gasteiger partial charge in [-0.05, 0) is 74.7 Å². The molecule has 1 aliphatic heterocycles. The van der Waals surface area contributed by atoms with Gasteiger partial charge in [0.15, 0.2) is 0 Å². The van der Waals surface area contributed by atoms with Crippen LogP contribution in [0.2, 0.25) is 0 Å². The number of aromatic nitrogens is 4. The maximum Gasteiger partial charge on any atom is 0.413 e. The third kappa shape index (κ3) is 6.02. The van der Waals surface area contributed by atoms with E-state index in [4.69, 9.17) is 9.84 Å². The highest BCUT2D eigenvalue weighted by Gasteiger charge is 2.19. The van der Waals surface area contributed by atoms with Gasteiger partial charge in [0.2, 0.25) is 0 Å². The third-order valence-corrected chi connectivity index (χ3v) is 6.75. The molecule has 4 aromatic rings. The van der Waals surface area contributed by atoms with E-state index in [9.17, 15) is 9.59 Å². The van der Waals surface area contributed by atoms with Gasteiger partial charge < -0.3 is 14.4 Å². The summed E-state index contributed by atoms with van der Waals surface area (Å²) >= 11 is 0. The number of carboxylic acid groups (broad SMARTS) is 1. The number of aromatic carboxylic acids is 1. The van der Waals surface area contributed by atoms with Gasteiger partial charge in [0, 0.05) is 61.9 Å². The molecule has 0 unspecified atom stereocenters. The van der Waals surface area contributed by atoms with E-state index in [1.165, 1.54) is 6.20 Å². The minimum atomic E-state index is -0.973. The van der Waals surface area contributed by atoms with Crippen LogP contribution in [0.5, 0.6) is 0 Å². The number of aryl methyl sites for hydroxylation is 1. The Morgan fingerprint density at radius 2 is 1.90 bits per heavy atom. The van der Waals surface area contributed by atoms with Crippen LogP contribution in [0.3, 0.4) is 0 Å². The van der Waals surface area contributed by atoms with Gasteiger partial charge in [-0.3, -0.25) is 15.2 Å². The molecule has 0 saturated heterocycles. The van der Waals surface area contributed by atoms with Crippen molar-refractivity contribution in [1.29, 1.82) is 0 Å². The molecule has 0 aromatic carbocycles. The van der Waals surface area contributed by atoms with Crippen molar-refractivity contribution in [2.45, 2.75) is 39.3 Å². The van der Waals surface area contributed by atoms with Crippen molar-refractivity contribution >= 4 is 34.5 Å². The van der Waals surface area contributed by atoms with E-state index in [0.29, 0.717) is 5.82 Å². The lowest BCUT2D eigenvalue weighted by atomic mass is 10.0. The molecule has 0 fully saturated rings. The Bertz CT molecular complexity index is 1580. The molecule has 1 aliphatic rings. The smallest absolute Gasteiger partial charge is 0.413 e. The van der Waals surface area contributed by atoms with E-state index in [1.54, 1.807) is 30.6 Å². The summed E-state index contributed by atoms with van der Waals surface area (Å²) in [4.78, 5) is 38.9. The van der Waals surface area contributed by atoms with Gasteiger partial charge in [0.1, 0.15) is 17.1 Å². The summed E-state index contributed by atoms with van der Waals surface area (Å²) < 4.78 is 7.42. The number of rotatable bonds is 6.